The van der Waals surface area contributed by atoms with Crippen LogP contribution in [0, 0.1) is 5.92 Å². The molecule has 0 unspecified atom stereocenters. The number of aliphatic hydroxyl groups excluding tert-OH is 1. The van der Waals surface area contributed by atoms with Crippen molar-refractivity contribution >= 4 is 23.5 Å². The van der Waals surface area contributed by atoms with Crippen LogP contribution in [0.2, 0.25) is 0 Å². The monoisotopic (exact) mass is 564 g/mol. The van der Waals surface area contributed by atoms with Gasteiger partial charge in [0.05, 0.1) is 32.0 Å². The van der Waals surface area contributed by atoms with Crippen molar-refractivity contribution in [3.63, 3.8) is 0 Å². The number of carbonyl (C=O) groups excluding carboxylic acids is 3. The Bertz CT molecular complexity index is 1180. The van der Waals surface area contributed by atoms with Gasteiger partial charge < -0.3 is 30.3 Å². The number of ether oxygens (including phenoxy) is 1. The van der Waals surface area contributed by atoms with E-state index in [4.69, 9.17) is 4.74 Å². The van der Waals surface area contributed by atoms with Crippen molar-refractivity contribution in [3.8, 4) is 5.75 Å². The maximum absolute atomic E-state index is 13.5. The molecule has 2 aromatic rings. The van der Waals surface area contributed by atoms with Gasteiger partial charge in [-0.05, 0) is 43.5 Å². The molecule has 3 atom stereocenters. The fourth-order valence-electron chi connectivity index (χ4n) is 5.60. The molecule has 1 aliphatic heterocycles. The number of benzene rings is 2. The Balaban J connectivity index is 1.53. The Morgan fingerprint density at radius 2 is 1.85 bits per heavy atom. The van der Waals surface area contributed by atoms with Crippen LogP contribution in [0.3, 0.4) is 0 Å². The molecule has 0 bridgehead atoms. The molecule has 9 nitrogen and oxygen atoms in total. The molecular weight excluding hydrogens is 520 g/mol. The molecule has 1 saturated carbocycles. The van der Waals surface area contributed by atoms with Gasteiger partial charge in [-0.3, -0.25) is 9.59 Å². The minimum absolute atomic E-state index is 0.0690. The highest BCUT2D eigenvalue weighted by Crippen LogP contribution is 2.29. The summed E-state index contributed by atoms with van der Waals surface area (Å²) in [7, 11) is 1.77. The summed E-state index contributed by atoms with van der Waals surface area (Å²) < 4.78 is 6.53. The normalized spacial score (nSPS) is 20.5. The van der Waals surface area contributed by atoms with Gasteiger partial charge >= 0.3 is 6.03 Å². The first-order valence-corrected chi connectivity index (χ1v) is 14.8. The average Bonchev–Trinajstić information content (AvgIpc) is 3.01. The van der Waals surface area contributed by atoms with Crippen LogP contribution >= 0.6 is 0 Å². The lowest BCUT2D eigenvalue weighted by Gasteiger charge is -2.34. The maximum Gasteiger partial charge on any atom is 0.317 e. The molecule has 2 aromatic carbocycles. The third-order valence-electron chi connectivity index (χ3n) is 8.14. The lowest BCUT2D eigenvalue weighted by atomic mass is 9.96. The van der Waals surface area contributed by atoms with Crippen LogP contribution in [0.5, 0.6) is 5.75 Å². The number of fused-ring (bicyclic) bond motifs is 1. The van der Waals surface area contributed by atoms with Gasteiger partial charge in [0.1, 0.15) is 11.9 Å². The summed E-state index contributed by atoms with van der Waals surface area (Å²) >= 11 is 0. The Hall–Kier alpha value is -3.59. The number of anilines is 1. The number of hydrogen-bond acceptors (Lipinski definition) is 5. The second-order valence-corrected chi connectivity index (χ2v) is 11.6. The van der Waals surface area contributed by atoms with Crippen LogP contribution in [0.4, 0.5) is 10.5 Å². The standard InChI is InChI=1S/C32H44N4O5/c1-22-19-36(23(2)21-37)31(39)18-25-17-27(33-30(38)16-24-10-6-4-7-11-24)14-15-28(25)41-29(22)20-35(3)32(40)34-26-12-8-5-9-13-26/h4,6-7,10-11,14-15,17,22-23,26,29,37H,5,8-9,12-13,16,18-21H2,1-3H3,(H,33,38)(H,34,40)/t22-,23+,29+/m0/s1. The van der Waals surface area contributed by atoms with Crippen LogP contribution in [-0.2, 0) is 22.4 Å². The third-order valence-corrected chi connectivity index (χ3v) is 8.14. The van der Waals surface area contributed by atoms with E-state index in [1.165, 1.54) is 6.42 Å². The first-order valence-electron chi connectivity index (χ1n) is 14.8. The second-order valence-electron chi connectivity index (χ2n) is 11.6. The molecule has 4 rings (SSSR count). The number of nitrogens with one attached hydrogen (secondary N) is 2. The van der Waals surface area contributed by atoms with Gasteiger partial charge in [0.15, 0.2) is 0 Å². The predicted octanol–water partition coefficient (Wildman–Crippen LogP) is 3.99. The zero-order chi connectivity index (χ0) is 29.4. The fourth-order valence-corrected chi connectivity index (χ4v) is 5.60. The molecular formula is C32H44N4O5. The highest BCUT2D eigenvalue weighted by molar-refractivity contribution is 5.92. The van der Waals surface area contributed by atoms with E-state index in [1.54, 1.807) is 35.0 Å². The molecule has 0 radical (unpaired) electrons. The summed E-state index contributed by atoms with van der Waals surface area (Å²) in [4.78, 5) is 42.5. The van der Waals surface area contributed by atoms with Crippen LogP contribution < -0.4 is 15.4 Å². The first-order chi connectivity index (χ1) is 19.7. The number of likely N-dealkylation sites (N-methyl/N-ethyl adjacent to an activating group) is 1. The van der Waals surface area contributed by atoms with Crippen LogP contribution in [0.15, 0.2) is 48.5 Å². The number of nitrogens with zero attached hydrogens (tertiary/aromatic N) is 2. The summed E-state index contributed by atoms with van der Waals surface area (Å²) in [6.45, 7) is 4.40. The Kier molecular flexibility index (Phi) is 10.6. The molecule has 0 saturated heterocycles. The highest BCUT2D eigenvalue weighted by Gasteiger charge is 2.32. The lowest BCUT2D eigenvalue weighted by molar-refractivity contribution is -0.134. The van der Waals surface area contributed by atoms with Gasteiger partial charge in [-0.15, -0.1) is 0 Å². The zero-order valence-corrected chi connectivity index (χ0v) is 24.5. The minimum Gasteiger partial charge on any atom is -0.488 e. The Labute approximate surface area is 243 Å². The third kappa shape index (κ3) is 8.45. The van der Waals surface area contributed by atoms with E-state index in [1.807, 2.05) is 44.2 Å². The van der Waals surface area contributed by atoms with Crippen molar-refractivity contribution in [2.24, 2.45) is 5.92 Å². The van der Waals surface area contributed by atoms with Crippen LogP contribution in [0.1, 0.15) is 57.1 Å². The predicted molar refractivity (Wildman–Crippen MR) is 159 cm³/mol. The molecule has 0 aromatic heterocycles. The van der Waals surface area contributed by atoms with Gasteiger partial charge in [-0.25, -0.2) is 4.79 Å². The smallest absolute Gasteiger partial charge is 0.317 e. The molecule has 0 spiro atoms. The van der Waals surface area contributed by atoms with E-state index >= 15 is 0 Å². The molecule has 3 N–H and O–H groups in total. The molecule has 9 heteroatoms. The molecule has 1 aliphatic carbocycles. The number of hydrogen-bond donors (Lipinski definition) is 3. The van der Waals surface area contributed by atoms with E-state index in [0.717, 1.165) is 31.2 Å². The summed E-state index contributed by atoms with van der Waals surface area (Å²) in [6.07, 6.45) is 5.41. The molecule has 1 heterocycles. The molecule has 1 fully saturated rings. The summed E-state index contributed by atoms with van der Waals surface area (Å²) in [6, 6.07) is 14.6. The topological polar surface area (TPSA) is 111 Å². The fraction of sp³-hybridized carbons (Fsp3) is 0.531. The van der Waals surface area contributed by atoms with Crippen molar-refractivity contribution < 1.29 is 24.2 Å². The van der Waals surface area contributed by atoms with E-state index in [2.05, 4.69) is 10.6 Å². The average molecular weight is 565 g/mol. The van der Waals surface area contributed by atoms with E-state index < -0.39 is 6.10 Å². The van der Waals surface area contributed by atoms with Gasteiger partial charge in [0.2, 0.25) is 11.8 Å². The summed E-state index contributed by atoms with van der Waals surface area (Å²) in [5.74, 6) is 0.157. The van der Waals surface area contributed by atoms with Gasteiger partial charge in [0.25, 0.3) is 0 Å². The molecule has 4 amide bonds. The van der Waals surface area contributed by atoms with Crippen molar-refractivity contribution in [2.45, 2.75) is 77.0 Å². The number of aliphatic hydroxyl groups is 1. The van der Waals surface area contributed by atoms with Gasteiger partial charge in [-0.1, -0.05) is 56.5 Å². The van der Waals surface area contributed by atoms with Crippen LogP contribution in [0.25, 0.3) is 0 Å². The second kappa shape index (κ2) is 14.3. The number of carbonyl (C=O) groups is 3. The highest BCUT2D eigenvalue weighted by atomic mass is 16.5. The Morgan fingerprint density at radius 3 is 2.56 bits per heavy atom. The molecule has 2 aliphatic rings. The van der Waals surface area contributed by atoms with Gasteiger partial charge in [0, 0.05) is 36.8 Å². The molecule has 41 heavy (non-hydrogen) atoms. The van der Waals surface area contributed by atoms with Crippen molar-refractivity contribution in [2.75, 3.05) is 32.1 Å². The number of rotatable bonds is 8. The maximum atomic E-state index is 13.5. The summed E-state index contributed by atoms with van der Waals surface area (Å²) in [5, 5.41) is 16.0. The van der Waals surface area contributed by atoms with E-state index in [0.29, 0.717) is 30.1 Å². The SMILES string of the molecule is C[C@H](CO)N1C[C@H](C)[C@@H](CN(C)C(=O)NC2CCCCC2)Oc2ccc(NC(=O)Cc3ccccc3)cc2CC1=O. The Morgan fingerprint density at radius 1 is 1.12 bits per heavy atom. The quantitative estimate of drug-likeness (QED) is 0.449. The molecule has 222 valence electrons. The minimum atomic E-state index is -0.395. The largest absolute Gasteiger partial charge is 0.488 e. The van der Waals surface area contributed by atoms with Crippen LogP contribution in [-0.4, -0.2) is 77.7 Å². The summed E-state index contributed by atoms with van der Waals surface area (Å²) in [5.41, 5.74) is 2.14. The van der Waals surface area contributed by atoms with E-state index in [-0.39, 0.29) is 55.3 Å². The number of urea groups is 1. The van der Waals surface area contributed by atoms with E-state index in [9.17, 15) is 19.5 Å². The van der Waals surface area contributed by atoms with Crippen molar-refractivity contribution in [1.82, 2.24) is 15.1 Å². The van der Waals surface area contributed by atoms with Crippen molar-refractivity contribution in [1.29, 1.82) is 0 Å². The van der Waals surface area contributed by atoms with Crippen molar-refractivity contribution in [3.05, 3.63) is 59.7 Å². The lowest BCUT2D eigenvalue weighted by Crippen LogP contribution is -2.50. The number of amides is 4. The zero-order valence-electron chi connectivity index (χ0n) is 24.5. The first kappa shape index (κ1) is 30.4. The van der Waals surface area contributed by atoms with Gasteiger partial charge in [-0.2, -0.15) is 0 Å².